The van der Waals surface area contributed by atoms with Gasteiger partial charge >= 0.3 is 0 Å². The van der Waals surface area contributed by atoms with E-state index in [0.29, 0.717) is 12.1 Å². The van der Waals surface area contributed by atoms with E-state index in [9.17, 15) is 8.78 Å². The molecule has 0 unspecified atom stereocenters. The van der Waals surface area contributed by atoms with E-state index in [1.165, 1.54) is 0 Å². The third-order valence-corrected chi connectivity index (χ3v) is 3.51. The van der Waals surface area contributed by atoms with Gasteiger partial charge in [0.1, 0.15) is 0 Å². The topological polar surface area (TPSA) is 24.9 Å². The predicted molar refractivity (Wildman–Crippen MR) is 78.9 cm³/mol. The highest BCUT2D eigenvalue weighted by Crippen LogP contribution is 2.35. The molecule has 21 heavy (non-hydrogen) atoms. The fraction of sp³-hybridized carbons (Fsp3) is 0.118. The van der Waals surface area contributed by atoms with Crippen LogP contribution in [0.3, 0.4) is 0 Å². The van der Waals surface area contributed by atoms with Gasteiger partial charge in [-0.15, -0.1) is 0 Å². The van der Waals surface area contributed by atoms with E-state index in [4.69, 9.17) is 0 Å². The lowest BCUT2D eigenvalue weighted by Gasteiger charge is -2.25. The van der Waals surface area contributed by atoms with Gasteiger partial charge in [0.05, 0.1) is 23.7 Å². The standard InChI is InChI=1S/C17H14F2N2/c1-11-7-8-13(12-5-3-2-4-6-12)17(21-11)16-14(18)9-20-10-15(16)19/h2-6,9-10,21H,1,7-8H2. The van der Waals surface area contributed by atoms with Gasteiger partial charge in [0.2, 0.25) is 0 Å². The number of hydrogen-bond donors (Lipinski definition) is 1. The molecule has 1 aromatic carbocycles. The number of benzene rings is 1. The summed E-state index contributed by atoms with van der Waals surface area (Å²) in [7, 11) is 0. The summed E-state index contributed by atoms with van der Waals surface area (Å²) < 4.78 is 28.1. The summed E-state index contributed by atoms with van der Waals surface area (Å²) in [5.74, 6) is -1.36. The molecule has 106 valence electrons. The van der Waals surface area contributed by atoms with Crippen molar-refractivity contribution in [3.8, 4) is 0 Å². The first-order valence-electron chi connectivity index (χ1n) is 6.69. The molecule has 1 N–H and O–H groups in total. The van der Waals surface area contributed by atoms with Crippen LogP contribution in [0.15, 0.2) is 55.0 Å². The highest BCUT2D eigenvalue weighted by Gasteiger charge is 2.23. The van der Waals surface area contributed by atoms with E-state index >= 15 is 0 Å². The Hall–Kier alpha value is -2.49. The number of aromatic nitrogens is 1. The zero-order chi connectivity index (χ0) is 14.8. The van der Waals surface area contributed by atoms with E-state index in [-0.39, 0.29) is 5.56 Å². The van der Waals surface area contributed by atoms with Gasteiger partial charge in [-0.2, -0.15) is 0 Å². The zero-order valence-electron chi connectivity index (χ0n) is 11.4. The molecular weight excluding hydrogens is 270 g/mol. The Kier molecular flexibility index (Phi) is 3.52. The van der Waals surface area contributed by atoms with E-state index in [0.717, 1.165) is 35.6 Å². The van der Waals surface area contributed by atoms with Gasteiger partial charge in [-0.25, -0.2) is 8.78 Å². The van der Waals surface area contributed by atoms with Gasteiger partial charge in [-0.3, -0.25) is 4.98 Å². The largest absolute Gasteiger partial charge is 0.359 e. The number of halogens is 2. The number of hydrogen-bond acceptors (Lipinski definition) is 2. The Morgan fingerprint density at radius 1 is 1.00 bits per heavy atom. The van der Waals surface area contributed by atoms with Gasteiger partial charge in [-0.05, 0) is 24.0 Å². The fourth-order valence-corrected chi connectivity index (χ4v) is 2.51. The van der Waals surface area contributed by atoms with E-state index in [2.05, 4.69) is 16.9 Å². The van der Waals surface area contributed by atoms with Crippen LogP contribution in [0.25, 0.3) is 11.3 Å². The normalized spacial score (nSPS) is 15.0. The molecule has 1 aliphatic rings. The summed E-state index contributed by atoms with van der Waals surface area (Å²) in [6.45, 7) is 3.87. The van der Waals surface area contributed by atoms with Gasteiger partial charge in [0, 0.05) is 5.70 Å². The molecule has 3 rings (SSSR count). The minimum Gasteiger partial charge on any atom is -0.359 e. The van der Waals surface area contributed by atoms with Gasteiger partial charge in [0.15, 0.2) is 11.6 Å². The number of allylic oxidation sites excluding steroid dienone is 2. The molecule has 4 heteroatoms. The summed E-state index contributed by atoms with van der Waals surface area (Å²) in [5.41, 5.74) is 2.94. The summed E-state index contributed by atoms with van der Waals surface area (Å²) >= 11 is 0. The van der Waals surface area contributed by atoms with Crippen LogP contribution in [0, 0.1) is 11.6 Å². The Bertz CT molecular complexity index is 701. The van der Waals surface area contributed by atoms with Crippen LogP contribution >= 0.6 is 0 Å². The SMILES string of the molecule is C=C1CCC(c2ccccc2)=C(c2c(F)cncc2F)N1. The third kappa shape index (κ3) is 2.57. The van der Waals surface area contributed by atoms with Crippen LogP contribution in [0.4, 0.5) is 8.78 Å². The first-order chi connectivity index (χ1) is 10.2. The first-order valence-corrected chi connectivity index (χ1v) is 6.69. The number of pyridine rings is 1. The number of nitrogens with one attached hydrogen (secondary N) is 1. The maximum Gasteiger partial charge on any atom is 0.153 e. The molecule has 0 radical (unpaired) electrons. The van der Waals surface area contributed by atoms with Crippen molar-refractivity contribution in [2.45, 2.75) is 12.8 Å². The Morgan fingerprint density at radius 3 is 2.33 bits per heavy atom. The lowest BCUT2D eigenvalue weighted by atomic mass is 9.92. The molecule has 0 spiro atoms. The van der Waals surface area contributed by atoms with Crippen molar-refractivity contribution in [3.63, 3.8) is 0 Å². The fourth-order valence-electron chi connectivity index (χ4n) is 2.51. The molecule has 0 aliphatic carbocycles. The molecular formula is C17H14F2N2. The van der Waals surface area contributed by atoms with Crippen molar-refractivity contribution in [1.29, 1.82) is 0 Å². The molecule has 1 aliphatic heterocycles. The lowest BCUT2D eigenvalue weighted by Crippen LogP contribution is -2.19. The highest BCUT2D eigenvalue weighted by atomic mass is 19.1. The monoisotopic (exact) mass is 284 g/mol. The van der Waals surface area contributed by atoms with Crippen molar-refractivity contribution in [2.75, 3.05) is 0 Å². The van der Waals surface area contributed by atoms with Crippen LogP contribution in [0.2, 0.25) is 0 Å². The summed E-state index contributed by atoms with van der Waals surface area (Å²) in [6.07, 6.45) is 3.47. The molecule has 0 atom stereocenters. The smallest absolute Gasteiger partial charge is 0.153 e. The second kappa shape index (κ2) is 5.48. The minimum atomic E-state index is -0.680. The van der Waals surface area contributed by atoms with Crippen LogP contribution in [-0.2, 0) is 0 Å². The lowest BCUT2D eigenvalue weighted by molar-refractivity contribution is 0.564. The zero-order valence-corrected chi connectivity index (χ0v) is 11.4. The van der Waals surface area contributed by atoms with Crippen LogP contribution in [0.5, 0.6) is 0 Å². The molecule has 0 bridgehead atoms. The molecule has 1 aromatic heterocycles. The van der Waals surface area contributed by atoms with E-state index in [1.54, 1.807) is 0 Å². The average molecular weight is 284 g/mol. The molecule has 0 fully saturated rings. The molecule has 2 nitrogen and oxygen atoms in total. The third-order valence-electron chi connectivity index (χ3n) is 3.51. The Labute approximate surface area is 121 Å². The maximum absolute atomic E-state index is 14.0. The Balaban J connectivity index is 2.23. The quantitative estimate of drug-likeness (QED) is 0.897. The highest BCUT2D eigenvalue weighted by molar-refractivity contribution is 5.91. The van der Waals surface area contributed by atoms with Crippen LogP contribution in [-0.4, -0.2) is 4.98 Å². The van der Waals surface area contributed by atoms with Crippen molar-refractivity contribution >= 4 is 11.3 Å². The second-order valence-corrected chi connectivity index (χ2v) is 4.93. The molecule has 2 aromatic rings. The van der Waals surface area contributed by atoms with E-state index in [1.807, 2.05) is 30.3 Å². The second-order valence-electron chi connectivity index (χ2n) is 4.93. The van der Waals surface area contributed by atoms with Gasteiger partial charge < -0.3 is 5.32 Å². The van der Waals surface area contributed by atoms with Crippen molar-refractivity contribution in [1.82, 2.24) is 10.3 Å². The number of rotatable bonds is 2. The average Bonchev–Trinajstić information content (AvgIpc) is 2.48. The van der Waals surface area contributed by atoms with Crippen LogP contribution in [0.1, 0.15) is 24.0 Å². The molecule has 2 heterocycles. The summed E-state index contributed by atoms with van der Waals surface area (Å²) in [6, 6.07) is 9.59. The molecule has 0 saturated heterocycles. The first kappa shape index (κ1) is 13.5. The summed E-state index contributed by atoms with van der Waals surface area (Å²) in [5, 5.41) is 3.04. The molecule has 0 amide bonds. The Morgan fingerprint density at radius 2 is 1.67 bits per heavy atom. The van der Waals surface area contributed by atoms with Gasteiger partial charge in [0.25, 0.3) is 0 Å². The van der Waals surface area contributed by atoms with Crippen molar-refractivity contribution in [2.24, 2.45) is 0 Å². The van der Waals surface area contributed by atoms with Gasteiger partial charge in [-0.1, -0.05) is 36.9 Å². The van der Waals surface area contributed by atoms with Crippen molar-refractivity contribution < 1.29 is 8.78 Å². The summed E-state index contributed by atoms with van der Waals surface area (Å²) in [4.78, 5) is 3.53. The van der Waals surface area contributed by atoms with Crippen molar-refractivity contribution in [3.05, 3.63) is 77.8 Å². The van der Waals surface area contributed by atoms with E-state index < -0.39 is 11.6 Å². The minimum absolute atomic E-state index is 0.0790. The predicted octanol–water partition coefficient (Wildman–Crippen LogP) is 4.13. The number of nitrogens with zero attached hydrogens (tertiary/aromatic N) is 1. The van der Waals surface area contributed by atoms with Crippen LogP contribution < -0.4 is 5.32 Å². The molecule has 0 saturated carbocycles. The maximum atomic E-state index is 14.0.